The Kier molecular flexibility index (Phi) is 13.0. The van der Waals surface area contributed by atoms with Crippen molar-refractivity contribution in [3.63, 3.8) is 0 Å². The van der Waals surface area contributed by atoms with Crippen molar-refractivity contribution in [1.82, 2.24) is 0 Å². The fourth-order valence-electron chi connectivity index (χ4n) is 5.58. The number of hydrogen-bond donors (Lipinski definition) is 0. The number of rotatable bonds is 13. The quantitative estimate of drug-likeness (QED) is 0.169. The van der Waals surface area contributed by atoms with Crippen LogP contribution in [0.25, 0.3) is 0 Å². The van der Waals surface area contributed by atoms with Crippen molar-refractivity contribution in [2.45, 2.75) is 131 Å². The zero-order chi connectivity index (χ0) is 22.8. The fraction of sp³-hybridized carbons (Fsp3) is 0.778. The summed E-state index contributed by atoms with van der Waals surface area (Å²) in [4.78, 5) is 1.36. The first-order chi connectivity index (χ1) is 14.2. The first kappa shape index (κ1) is 28.3. The van der Waals surface area contributed by atoms with Crippen molar-refractivity contribution in [3.8, 4) is 11.5 Å². The topological polar surface area (TPSA) is 0 Å². The van der Waals surface area contributed by atoms with Crippen LogP contribution in [0.1, 0.15) is 106 Å². The van der Waals surface area contributed by atoms with Crippen molar-refractivity contribution in [1.29, 1.82) is 0 Å². The molecule has 0 aliphatic rings. The molecule has 3 heteroatoms. The van der Waals surface area contributed by atoms with Gasteiger partial charge in [-0.15, -0.1) is 0 Å². The van der Waals surface area contributed by atoms with E-state index >= 15 is 0 Å². The number of unbranched alkanes of at least 4 members (excludes halogenated alkanes) is 3. The summed E-state index contributed by atoms with van der Waals surface area (Å²) in [5.74, 6) is 3.75. The Labute approximate surface area is 198 Å². The molecule has 0 bridgehead atoms. The number of thiophene rings is 1. The summed E-state index contributed by atoms with van der Waals surface area (Å²) in [6, 6.07) is 4.93. The van der Waals surface area contributed by atoms with Crippen LogP contribution in [0.4, 0.5) is 0 Å². The van der Waals surface area contributed by atoms with E-state index in [1.54, 1.807) is 13.3 Å². The average Bonchev–Trinajstić information content (AvgIpc) is 3.17. The molecule has 0 N–H and O–H groups in total. The van der Waals surface area contributed by atoms with Gasteiger partial charge in [0.2, 0.25) is 0 Å². The zero-order valence-electron chi connectivity index (χ0n) is 21.7. The van der Waals surface area contributed by atoms with E-state index in [1.165, 1.54) is 43.4 Å². The molecule has 0 atom stereocenters. The van der Waals surface area contributed by atoms with E-state index in [-0.39, 0.29) is 0 Å². The second-order valence-corrected chi connectivity index (χ2v) is 31.2. The molecule has 1 heterocycles. The Balaban J connectivity index is 3.33. The average molecular weight is 554 g/mol. The zero-order valence-corrected chi connectivity index (χ0v) is 26.3. The molecule has 1 aromatic rings. The van der Waals surface area contributed by atoms with Gasteiger partial charge in [-0.3, -0.25) is 0 Å². The van der Waals surface area contributed by atoms with Gasteiger partial charge in [0.1, 0.15) is 0 Å². The van der Waals surface area contributed by atoms with E-state index in [4.69, 9.17) is 0 Å². The van der Waals surface area contributed by atoms with E-state index in [9.17, 15) is 0 Å². The minimum atomic E-state index is -2.30. The third kappa shape index (κ3) is 7.14. The molecule has 0 aliphatic carbocycles. The molecule has 30 heavy (non-hydrogen) atoms. The first-order valence-corrected chi connectivity index (χ1v) is 23.4. The molecule has 1 aromatic heterocycles. The molecule has 0 aliphatic heterocycles. The second kappa shape index (κ2) is 13.7. The molecule has 172 valence electrons. The van der Waals surface area contributed by atoms with Crippen LogP contribution in [0.2, 0.25) is 29.9 Å². The van der Waals surface area contributed by atoms with Crippen LogP contribution in [-0.4, -0.2) is 26.5 Å². The third-order valence-electron chi connectivity index (χ3n) is 7.42. The second-order valence-electron chi connectivity index (χ2n) is 10.4. The monoisotopic (exact) mass is 554 g/mol. The maximum absolute atomic E-state index is 3.96. The Hall–Kier alpha value is 0.276. The van der Waals surface area contributed by atoms with Crippen LogP contribution in [0.15, 0.2) is 12.1 Å². The molecule has 1 rings (SSSR count). The molecule has 0 amide bonds. The van der Waals surface area contributed by atoms with Gasteiger partial charge in [0, 0.05) is 0 Å². The predicted molar refractivity (Wildman–Crippen MR) is 147 cm³/mol. The molecule has 0 spiro atoms. The van der Waals surface area contributed by atoms with Gasteiger partial charge in [-0.1, -0.05) is 0 Å². The van der Waals surface area contributed by atoms with Gasteiger partial charge in [0.25, 0.3) is 0 Å². The van der Waals surface area contributed by atoms with E-state index < -0.39 is 26.5 Å². The van der Waals surface area contributed by atoms with Crippen LogP contribution in [-0.2, 0) is 0 Å². The van der Waals surface area contributed by atoms with Crippen LogP contribution in [0.3, 0.4) is 0 Å². The van der Waals surface area contributed by atoms with Crippen molar-refractivity contribution >= 4 is 40.7 Å². The van der Waals surface area contributed by atoms with Crippen LogP contribution < -0.4 is 2.89 Å². The van der Waals surface area contributed by atoms with Gasteiger partial charge in [-0.05, 0) is 0 Å². The van der Waals surface area contributed by atoms with Gasteiger partial charge in [-0.25, -0.2) is 0 Å². The van der Waals surface area contributed by atoms with Crippen LogP contribution in [0.5, 0.6) is 0 Å². The van der Waals surface area contributed by atoms with Gasteiger partial charge in [-0.2, -0.15) is 0 Å². The van der Waals surface area contributed by atoms with Crippen molar-refractivity contribution in [2.75, 3.05) is 0 Å². The molecule has 0 aromatic carbocycles. The van der Waals surface area contributed by atoms with E-state index in [2.05, 4.69) is 97.2 Å². The van der Waals surface area contributed by atoms with Gasteiger partial charge in [0.15, 0.2) is 0 Å². The van der Waals surface area contributed by atoms with Crippen molar-refractivity contribution in [2.24, 2.45) is 0 Å². The Bertz CT molecular complexity index is 618. The first-order valence-electron chi connectivity index (χ1n) is 12.8. The molecule has 0 saturated heterocycles. The Morgan fingerprint density at radius 3 is 1.57 bits per heavy atom. The summed E-state index contributed by atoms with van der Waals surface area (Å²) in [6.45, 7) is 21.6. The standard InChI is InChI=1S/C15H23SSi.3C4H9.Sn/c1-12(2)17(13(3)4,14(5)6)11-9-15-8-7-10-16-15;3*1-3-4-2;/h7-8,12-14H,1-6H3;3*1,3-4H2,2H3;. The molecular weight excluding hydrogens is 503 g/mol. The molecule has 0 fully saturated rings. The number of hydrogen-bond acceptors (Lipinski definition) is 1. The predicted octanol–water partition coefficient (Wildman–Crippen LogP) is 9.37. The minimum absolute atomic E-state index is 0.710. The SMILES string of the molecule is CCC[CH2][Sn]([CH2]CCC)([CH2]CCC)[c]1ccc(C#C[Si](C(C)C)(C(C)C)C(C)C)s1. The van der Waals surface area contributed by atoms with Crippen LogP contribution in [0, 0.1) is 11.5 Å². The fourth-order valence-corrected chi connectivity index (χ4v) is 30.9. The maximum atomic E-state index is 3.96. The third-order valence-corrected chi connectivity index (χ3v) is 33.0. The van der Waals surface area contributed by atoms with Gasteiger partial charge < -0.3 is 0 Å². The summed E-state index contributed by atoms with van der Waals surface area (Å²) >= 11 is -0.193. The summed E-state index contributed by atoms with van der Waals surface area (Å²) in [5, 5.41) is 0. The molecule has 0 radical (unpaired) electrons. The Morgan fingerprint density at radius 2 is 1.20 bits per heavy atom. The summed E-state index contributed by atoms with van der Waals surface area (Å²) in [6.07, 6.45) is 8.35. The summed E-state index contributed by atoms with van der Waals surface area (Å²) < 4.78 is 6.50. The summed E-state index contributed by atoms with van der Waals surface area (Å²) in [5.41, 5.74) is 6.09. The normalized spacial score (nSPS) is 12.7. The van der Waals surface area contributed by atoms with Gasteiger partial charge >= 0.3 is 200 Å². The molecule has 0 unspecified atom stereocenters. The van der Waals surface area contributed by atoms with Crippen molar-refractivity contribution < 1.29 is 0 Å². The van der Waals surface area contributed by atoms with E-state index in [0.29, 0.717) is 16.6 Å². The van der Waals surface area contributed by atoms with Crippen LogP contribution >= 0.6 is 11.3 Å². The van der Waals surface area contributed by atoms with E-state index in [0.717, 1.165) is 0 Å². The Morgan fingerprint density at radius 1 is 0.767 bits per heavy atom. The molecule has 0 saturated carbocycles. The molecule has 0 nitrogen and oxygen atoms in total. The van der Waals surface area contributed by atoms with Crippen molar-refractivity contribution in [3.05, 3.63) is 17.0 Å². The van der Waals surface area contributed by atoms with E-state index in [1.807, 2.05) is 2.89 Å². The molecular formula is C27H50SSiSn. The summed E-state index contributed by atoms with van der Waals surface area (Å²) in [7, 11) is -1.65. The van der Waals surface area contributed by atoms with Gasteiger partial charge in [0.05, 0.1) is 0 Å².